The molecule has 0 aromatic heterocycles. The molecule has 2 aromatic rings. The number of phenols is 1. The highest BCUT2D eigenvalue weighted by atomic mass is 19.1. The summed E-state index contributed by atoms with van der Waals surface area (Å²) in [7, 11) is 0. The highest BCUT2D eigenvalue weighted by Gasteiger charge is 2.50. The van der Waals surface area contributed by atoms with Gasteiger partial charge in [0, 0.05) is 37.3 Å². The van der Waals surface area contributed by atoms with Crippen LogP contribution in [0.15, 0.2) is 42.5 Å². The van der Waals surface area contributed by atoms with Gasteiger partial charge < -0.3 is 20.0 Å². The number of hydrogen-bond donors (Lipinski definition) is 2. The molecule has 2 aliphatic rings. The number of rotatable bonds is 3. The molecule has 146 valence electrons. The maximum atomic E-state index is 14.0. The van der Waals surface area contributed by atoms with Gasteiger partial charge in [-0.15, -0.1) is 0 Å². The van der Waals surface area contributed by atoms with Crippen molar-refractivity contribution in [2.75, 3.05) is 26.2 Å². The van der Waals surface area contributed by atoms with E-state index in [1.165, 1.54) is 18.2 Å². The van der Waals surface area contributed by atoms with Gasteiger partial charge in [0.05, 0.1) is 0 Å². The highest BCUT2D eigenvalue weighted by Crippen LogP contribution is 2.37. The van der Waals surface area contributed by atoms with Crippen LogP contribution in [0.4, 0.5) is 4.39 Å². The molecule has 2 fully saturated rings. The molecule has 2 N–H and O–H groups in total. The van der Waals surface area contributed by atoms with E-state index in [4.69, 9.17) is 0 Å². The molecule has 1 saturated carbocycles. The van der Waals surface area contributed by atoms with Crippen LogP contribution in [0.1, 0.15) is 23.2 Å². The van der Waals surface area contributed by atoms with Crippen LogP contribution in [0.3, 0.4) is 0 Å². The van der Waals surface area contributed by atoms with Gasteiger partial charge in [0.1, 0.15) is 17.2 Å². The molecule has 6 nitrogen and oxygen atoms in total. The smallest absolute Gasteiger partial charge is 0.254 e. The van der Waals surface area contributed by atoms with Crippen LogP contribution >= 0.6 is 0 Å². The molecule has 2 aromatic carbocycles. The molecule has 7 heteroatoms. The van der Waals surface area contributed by atoms with Crippen LogP contribution in [0.25, 0.3) is 11.1 Å². The second kappa shape index (κ2) is 6.91. The Morgan fingerprint density at radius 3 is 2.14 bits per heavy atom. The van der Waals surface area contributed by atoms with E-state index in [2.05, 4.69) is 0 Å². The van der Waals surface area contributed by atoms with Gasteiger partial charge >= 0.3 is 0 Å². The predicted molar refractivity (Wildman–Crippen MR) is 100 cm³/mol. The van der Waals surface area contributed by atoms with Crippen molar-refractivity contribution in [3.05, 3.63) is 53.8 Å². The Hall–Kier alpha value is -2.93. The molecule has 2 amide bonds. The number of carbonyl (C=O) groups excluding carboxylic acids is 2. The van der Waals surface area contributed by atoms with Gasteiger partial charge in [0.2, 0.25) is 0 Å². The van der Waals surface area contributed by atoms with Gasteiger partial charge in [-0.25, -0.2) is 4.39 Å². The van der Waals surface area contributed by atoms with Gasteiger partial charge in [0.25, 0.3) is 11.8 Å². The zero-order chi connectivity index (χ0) is 19.9. The Balaban J connectivity index is 1.42. The monoisotopic (exact) mass is 384 g/mol. The predicted octanol–water partition coefficient (Wildman–Crippen LogP) is 2.01. The number of aromatic hydroxyl groups is 1. The van der Waals surface area contributed by atoms with Gasteiger partial charge in [-0.05, 0) is 48.7 Å². The summed E-state index contributed by atoms with van der Waals surface area (Å²) in [5.41, 5.74) is 0.135. The second-order valence-electron chi connectivity index (χ2n) is 7.36. The van der Waals surface area contributed by atoms with Crippen LogP contribution in [-0.4, -0.2) is 63.6 Å². The SMILES string of the molecule is O=C(c1ccc(-c2cc(O)ccc2F)cc1)N1CCN(C(=O)C2(O)CC2)CC1. The average molecular weight is 384 g/mol. The van der Waals surface area contributed by atoms with E-state index < -0.39 is 11.4 Å². The zero-order valence-electron chi connectivity index (χ0n) is 15.3. The molecular formula is C21H21FN2O4. The quantitative estimate of drug-likeness (QED) is 0.848. The van der Waals surface area contributed by atoms with Crippen molar-refractivity contribution in [1.82, 2.24) is 9.80 Å². The molecule has 0 spiro atoms. The number of aliphatic hydroxyl groups is 1. The Kier molecular flexibility index (Phi) is 4.55. The van der Waals surface area contributed by atoms with E-state index in [1.807, 2.05) is 0 Å². The van der Waals surface area contributed by atoms with Crippen molar-refractivity contribution in [3.8, 4) is 16.9 Å². The third-order valence-electron chi connectivity index (χ3n) is 5.37. The molecule has 1 heterocycles. The van der Waals surface area contributed by atoms with E-state index in [0.29, 0.717) is 50.1 Å². The molecule has 1 aliphatic heterocycles. The normalized spacial score (nSPS) is 18.1. The maximum absolute atomic E-state index is 14.0. The average Bonchev–Trinajstić information content (AvgIpc) is 3.47. The van der Waals surface area contributed by atoms with Crippen LogP contribution in [0.2, 0.25) is 0 Å². The summed E-state index contributed by atoms with van der Waals surface area (Å²) in [5, 5.41) is 19.5. The number of halogens is 1. The second-order valence-corrected chi connectivity index (χ2v) is 7.36. The minimum absolute atomic E-state index is 0.0279. The summed E-state index contributed by atoms with van der Waals surface area (Å²) < 4.78 is 14.0. The molecule has 28 heavy (non-hydrogen) atoms. The van der Waals surface area contributed by atoms with E-state index in [0.717, 1.165) is 0 Å². The molecule has 0 radical (unpaired) electrons. The van der Waals surface area contributed by atoms with E-state index in [-0.39, 0.29) is 23.1 Å². The van der Waals surface area contributed by atoms with Crippen LogP contribution in [0.5, 0.6) is 5.75 Å². The van der Waals surface area contributed by atoms with E-state index in [1.54, 1.807) is 34.1 Å². The number of benzene rings is 2. The third kappa shape index (κ3) is 3.45. The first-order valence-corrected chi connectivity index (χ1v) is 9.27. The molecule has 0 bridgehead atoms. The number of amides is 2. The minimum atomic E-state index is -1.18. The van der Waals surface area contributed by atoms with Crippen molar-refractivity contribution in [2.24, 2.45) is 0 Å². The van der Waals surface area contributed by atoms with Gasteiger partial charge in [0.15, 0.2) is 0 Å². The van der Waals surface area contributed by atoms with Crippen molar-refractivity contribution in [2.45, 2.75) is 18.4 Å². The zero-order valence-corrected chi connectivity index (χ0v) is 15.3. The lowest BCUT2D eigenvalue weighted by molar-refractivity contribution is -0.143. The fraction of sp³-hybridized carbons (Fsp3) is 0.333. The Bertz CT molecular complexity index is 917. The summed E-state index contributed by atoms with van der Waals surface area (Å²) in [6.07, 6.45) is 1.02. The van der Waals surface area contributed by atoms with Crippen LogP contribution in [-0.2, 0) is 4.79 Å². The first-order valence-electron chi connectivity index (χ1n) is 9.27. The Morgan fingerprint density at radius 2 is 1.54 bits per heavy atom. The topological polar surface area (TPSA) is 81.1 Å². The summed E-state index contributed by atoms with van der Waals surface area (Å²) in [5.74, 6) is -0.868. The summed E-state index contributed by atoms with van der Waals surface area (Å²) >= 11 is 0. The first kappa shape index (κ1) is 18.4. The standard InChI is InChI=1S/C21H21FN2O4/c22-18-6-5-16(25)13-17(18)14-1-3-15(4-2-14)19(26)23-9-11-24(12-10-23)20(27)21(28)7-8-21/h1-6,13,25,28H,7-12H2. The van der Waals surface area contributed by atoms with E-state index in [9.17, 15) is 24.2 Å². The molecule has 1 saturated heterocycles. The van der Waals surface area contributed by atoms with Gasteiger partial charge in [-0.1, -0.05) is 12.1 Å². The number of nitrogens with zero attached hydrogens (tertiary/aromatic N) is 2. The van der Waals surface area contributed by atoms with Crippen molar-refractivity contribution < 1.29 is 24.2 Å². The summed E-state index contributed by atoms with van der Waals surface area (Å²) in [4.78, 5) is 28.2. The van der Waals surface area contributed by atoms with Crippen LogP contribution < -0.4 is 0 Å². The molecule has 0 atom stereocenters. The number of carbonyl (C=O) groups is 2. The fourth-order valence-electron chi connectivity index (χ4n) is 3.45. The van der Waals surface area contributed by atoms with E-state index >= 15 is 0 Å². The number of piperazine rings is 1. The summed E-state index contributed by atoms with van der Waals surface area (Å²) in [6.45, 7) is 1.62. The highest BCUT2D eigenvalue weighted by molar-refractivity contribution is 5.95. The first-order chi connectivity index (χ1) is 13.4. The largest absolute Gasteiger partial charge is 0.508 e. The van der Waals surface area contributed by atoms with Crippen molar-refractivity contribution in [1.29, 1.82) is 0 Å². The molecule has 0 unspecified atom stereocenters. The van der Waals surface area contributed by atoms with Crippen LogP contribution in [0, 0.1) is 5.82 Å². The number of hydrogen-bond acceptors (Lipinski definition) is 4. The maximum Gasteiger partial charge on any atom is 0.254 e. The van der Waals surface area contributed by atoms with Crippen molar-refractivity contribution in [3.63, 3.8) is 0 Å². The Labute approximate surface area is 161 Å². The lowest BCUT2D eigenvalue weighted by Gasteiger charge is -2.35. The van der Waals surface area contributed by atoms with Gasteiger partial charge in [-0.2, -0.15) is 0 Å². The molecule has 1 aliphatic carbocycles. The van der Waals surface area contributed by atoms with Gasteiger partial charge in [-0.3, -0.25) is 9.59 Å². The fourth-order valence-corrected chi connectivity index (χ4v) is 3.45. The molecule has 4 rings (SSSR count). The lowest BCUT2D eigenvalue weighted by atomic mass is 10.0. The lowest BCUT2D eigenvalue weighted by Crippen LogP contribution is -2.53. The van der Waals surface area contributed by atoms with Crippen molar-refractivity contribution >= 4 is 11.8 Å². The third-order valence-corrected chi connectivity index (χ3v) is 5.37. The summed E-state index contributed by atoms with van der Waals surface area (Å²) in [6, 6.07) is 10.4. The minimum Gasteiger partial charge on any atom is -0.508 e. The molecular weight excluding hydrogens is 363 g/mol. The Morgan fingerprint density at radius 1 is 0.929 bits per heavy atom. The number of phenolic OH excluding ortho intramolecular Hbond substituents is 1.